The lowest BCUT2D eigenvalue weighted by Gasteiger charge is -2.36. The number of nitrogens with zero attached hydrogens (tertiary/aromatic N) is 6. The van der Waals surface area contributed by atoms with Crippen LogP contribution in [0.25, 0.3) is 11.4 Å². The highest BCUT2D eigenvalue weighted by atomic mass is 16.6. The number of rotatable bonds is 4. The summed E-state index contributed by atoms with van der Waals surface area (Å²) in [5, 5.41) is 12.7. The van der Waals surface area contributed by atoms with Gasteiger partial charge in [-0.25, -0.2) is 0 Å². The van der Waals surface area contributed by atoms with E-state index in [0.717, 1.165) is 18.7 Å². The average Bonchev–Trinajstić information content (AvgIpc) is 3.28. The molecule has 0 saturated carbocycles. The average molecular weight is 406 g/mol. The van der Waals surface area contributed by atoms with E-state index in [2.05, 4.69) is 20.3 Å². The van der Waals surface area contributed by atoms with Gasteiger partial charge in [-0.2, -0.15) is 0 Å². The van der Waals surface area contributed by atoms with Gasteiger partial charge in [0, 0.05) is 31.7 Å². The van der Waals surface area contributed by atoms with Crippen LogP contribution in [0.15, 0.2) is 54.6 Å². The normalized spacial score (nSPS) is 18.9. The number of piperazine rings is 1. The summed E-state index contributed by atoms with van der Waals surface area (Å²) in [6.45, 7) is 3.50. The Kier molecular flexibility index (Phi) is 5.02. The van der Waals surface area contributed by atoms with E-state index in [9.17, 15) is 4.79 Å². The Morgan fingerprint density at radius 2 is 1.70 bits per heavy atom. The molecule has 154 valence electrons. The quantitative estimate of drug-likeness (QED) is 0.645. The van der Waals surface area contributed by atoms with Crippen LogP contribution in [0.2, 0.25) is 0 Å². The molecule has 2 aliphatic rings. The molecule has 0 unspecified atom stereocenters. The van der Waals surface area contributed by atoms with Crippen molar-refractivity contribution in [3.8, 4) is 22.9 Å². The molecule has 2 aromatic carbocycles. The fraction of sp³-hybridized carbons (Fsp3) is 0.333. The third-order valence-electron chi connectivity index (χ3n) is 5.28. The molecular weight excluding hydrogens is 384 g/mol. The summed E-state index contributed by atoms with van der Waals surface area (Å²) in [5.74, 6) is 1.88. The van der Waals surface area contributed by atoms with Gasteiger partial charge in [0.25, 0.3) is 5.91 Å². The summed E-state index contributed by atoms with van der Waals surface area (Å²) in [6.07, 6.45) is -0.600. The van der Waals surface area contributed by atoms with E-state index in [1.54, 1.807) is 4.80 Å². The topological polar surface area (TPSA) is 85.6 Å². The van der Waals surface area contributed by atoms with Crippen LogP contribution in [0.4, 0.5) is 0 Å². The molecule has 30 heavy (non-hydrogen) atoms. The monoisotopic (exact) mass is 406 g/mol. The van der Waals surface area contributed by atoms with Gasteiger partial charge in [0.1, 0.15) is 13.3 Å². The van der Waals surface area contributed by atoms with Crippen LogP contribution in [-0.4, -0.2) is 74.8 Å². The van der Waals surface area contributed by atoms with Gasteiger partial charge in [-0.3, -0.25) is 9.69 Å². The van der Waals surface area contributed by atoms with Gasteiger partial charge in [-0.05, 0) is 17.3 Å². The molecule has 0 N–H and O–H groups in total. The van der Waals surface area contributed by atoms with Gasteiger partial charge >= 0.3 is 0 Å². The largest absolute Gasteiger partial charge is 0.485 e. The molecule has 0 spiro atoms. The standard InChI is InChI=1S/C21H22N6O3/c28-21(19-14-29-17-8-4-5-9-18(17)30-19)26-12-10-25(11-13-26)15-27-23-20(22-24-27)16-6-2-1-3-7-16/h1-9,19H,10-15H2/t19-/m0/s1. The van der Waals surface area contributed by atoms with E-state index in [1.807, 2.05) is 59.5 Å². The minimum Gasteiger partial charge on any atom is -0.485 e. The number of carbonyl (C=O) groups excluding carboxylic acids is 1. The predicted molar refractivity (Wildman–Crippen MR) is 108 cm³/mol. The van der Waals surface area contributed by atoms with Gasteiger partial charge in [-0.15, -0.1) is 15.0 Å². The Morgan fingerprint density at radius 1 is 0.967 bits per heavy atom. The maximum Gasteiger partial charge on any atom is 0.267 e. The van der Waals surface area contributed by atoms with Crippen molar-refractivity contribution >= 4 is 5.91 Å². The van der Waals surface area contributed by atoms with Crippen LogP contribution in [0.3, 0.4) is 0 Å². The van der Waals surface area contributed by atoms with Crippen LogP contribution in [-0.2, 0) is 11.5 Å². The number of hydrogen-bond donors (Lipinski definition) is 0. The zero-order valence-corrected chi connectivity index (χ0v) is 16.4. The van der Waals surface area contributed by atoms with Crippen LogP contribution >= 0.6 is 0 Å². The molecule has 3 heterocycles. The van der Waals surface area contributed by atoms with Crippen molar-refractivity contribution in [2.75, 3.05) is 32.8 Å². The minimum absolute atomic E-state index is 0.0330. The van der Waals surface area contributed by atoms with Crippen LogP contribution < -0.4 is 9.47 Å². The number of fused-ring (bicyclic) bond motifs is 1. The fourth-order valence-corrected chi connectivity index (χ4v) is 3.64. The van der Waals surface area contributed by atoms with Crippen molar-refractivity contribution in [2.24, 2.45) is 0 Å². The molecule has 1 fully saturated rings. The highest BCUT2D eigenvalue weighted by Crippen LogP contribution is 2.31. The Balaban J connectivity index is 1.14. The number of amides is 1. The van der Waals surface area contributed by atoms with Gasteiger partial charge < -0.3 is 14.4 Å². The number of para-hydroxylation sites is 2. The number of tetrazole rings is 1. The number of benzene rings is 2. The molecule has 2 aliphatic heterocycles. The van der Waals surface area contributed by atoms with Gasteiger partial charge in [0.05, 0.1) is 0 Å². The van der Waals surface area contributed by atoms with E-state index < -0.39 is 6.10 Å². The Hall–Kier alpha value is -3.46. The third-order valence-corrected chi connectivity index (χ3v) is 5.28. The summed E-state index contributed by atoms with van der Waals surface area (Å²) in [5.41, 5.74) is 0.940. The van der Waals surface area contributed by atoms with Crippen molar-refractivity contribution in [3.63, 3.8) is 0 Å². The molecule has 0 radical (unpaired) electrons. The molecule has 0 bridgehead atoms. The third kappa shape index (κ3) is 3.84. The first-order valence-corrected chi connectivity index (χ1v) is 9.99. The fourth-order valence-electron chi connectivity index (χ4n) is 3.64. The van der Waals surface area contributed by atoms with Crippen molar-refractivity contribution in [1.82, 2.24) is 30.0 Å². The van der Waals surface area contributed by atoms with E-state index >= 15 is 0 Å². The van der Waals surface area contributed by atoms with E-state index in [-0.39, 0.29) is 12.5 Å². The van der Waals surface area contributed by atoms with Gasteiger partial charge in [0.15, 0.2) is 11.5 Å². The second-order valence-corrected chi connectivity index (χ2v) is 7.30. The van der Waals surface area contributed by atoms with Crippen LogP contribution in [0.5, 0.6) is 11.5 Å². The second kappa shape index (κ2) is 8.11. The number of aromatic nitrogens is 4. The molecule has 0 aliphatic carbocycles. The Bertz CT molecular complexity index is 1020. The Morgan fingerprint density at radius 3 is 2.50 bits per heavy atom. The highest BCUT2D eigenvalue weighted by molar-refractivity contribution is 5.82. The zero-order valence-electron chi connectivity index (χ0n) is 16.4. The van der Waals surface area contributed by atoms with Gasteiger partial charge in [0.2, 0.25) is 11.9 Å². The van der Waals surface area contributed by atoms with E-state index in [4.69, 9.17) is 9.47 Å². The first kappa shape index (κ1) is 18.6. The lowest BCUT2D eigenvalue weighted by atomic mass is 10.2. The molecular formula is C21H22N6O3. The van der Waals surface area contributed by atoms with Gasteiger partial charge in [-0.1, -0.05) is 42.5 Å². The summed E-state index contributed by atoms with van der Waals surface area (Å²) >= 11 is 0. The molecule has 9 nitrogen and oxygen atoms in total. The van der Waals surface area contributed by atoms with E-state index in [0.29, 0.717) is 37.1 Å². The maximum atomic E-state index is 12.9. The molecule has 1 saturated heterocycles. The number of ether oxygens (including phenoxy) is 2. The van der Waals surface area contributed by atoms with Crippen molar-refractivity contribution in [2.45, 2.75) is 12.8 Å². The van der Waals surface area contributed by atoms with Crippen LogP contribution in [0, 0.1) is 0 Å². The first-order valence-electron chi connectivity index (χ1n) is 9.99. The predicted octanol–water partition coefficient (Wildman–Crippen LogP) is 1.28. The lowest BCUT2D eigenvalue weighted by Crippen LogP contribution is -2.54. The molecule has 9 heteroatoms. The SMILES string of the molecule is O=C([C@@H]1COc2ccccc2O1)N1CCN(Cn2nnc(-c3ccccc3)n2)CC1. The summed E-state index contributed by atoms with van der Waals surface area (Å²) in [7, 11) is 0. The number of hydrogen-bond acceptors (Lipinski definition) is 7. The zero-order chi connectivity index (χ0) is 20.3. The van der Waals surface area contributed by atoms with Crippen molar-refractivity contribution in [1.29, 1.82) is 0 Å². The van der Waals surface area contributed by atoms with E-state index in [1.165, 1.54) is 0 Å². The highest BCUT2D eigenvalue weighted by Gasteiger charge is 2.32. The lowest BCUT2D eigenvalue weighted by molar-refractivity contribution is -0.143. The molecule has 5 rings (SSSR count). The summed E-state index contributed by atoms with van der Waals surface area (Å²) in [4.78, 5) is 18.5. The molecule has 3 aromatic rings. The maximum absolute atomic E-state index is 12.9. The van der Waals surface area contributed by atoms with Crippen LogP contribution in [0.1, 0.15) is 0 Å². The number of carbonyl (C=O) groups is 1. The molecule has 1 atom stereocenters. The second-order valence-electron chi connectivity index (χ2n) is 7.30. The molecule has 1 aromatic heterocycles. The first-order chi connectivity index (χ1) is 14.8. The van der Waals surface area contributed by atoms with Crippen molar-refractivity contribution < 1.29 is 14.3 Å². The summed E-state index contributed by atoms with van der Waals surface area (Å²) < 4.78 is 11.5. The summed E-state index contributed by atoms with van der Waals surface area (Å²) in [6, 6.07) is 17.2. The minimum atomic E-state index is -0.600. The Labute approximate surface area is 173 Å². The molecule has 1 amide bonds. The smallest absolute Gasteiger partial charge is 0.267 e. The van der Waals surface area contributed by atoms with Crippen molar-refractivity contribution in [3.05, 3.63) is 54.6 Å².